The molecule has 0 aliphatic rings. The van der Waals surface area contributed by atoms with Gasteiger partial charge in [0.2, 0.25) is 0 Å². The number of amides is 1. The highest BCUT2D eigenvalue weighted by Gasteiger charge is 2.11. The molecule has 0 radical (unpaired) electrons. The fourth-order valence-electron chi connectivity index (χ4n) is 1.46. The fourth-order valence-corrected chi connectivity index (χ4v) is 2.04. The van der Waals surface area contributed by atoms with Crippen LogP contribution in [-0.2, 0) is 6.54 Å². The first-order chi connectivity index (χ1) is 8.68. The second-order valence-corrected chi connectivity index (χ2v) is 4.87. The van der Waals surface area contributed by atoms with Crippen LogP contribution in [0.15, 0.2) is 47.2 Å². The molecule has 92 valence electrons. The predicted octanol–water partition coefficient (Wildman–Crippen LogP) is 3.43. The second kappa shape index (κ2) is 5.98. The molecule has 18 heavy (non-hydrogen) atoms. The van der Waals surface area contributed by atoms with Gasteiger partial charge in [0.1, 0.15) is 0 Å². The van der Waals surface area contributed by atoms with Gasteiger partial charge >= 0.3 is 0 Å². The maximum absolute atomic E-state index is 12.0. The van der Waals surface area contributed by atoms with Gasteiger partial charge in [-0.05, 0) is 45.8 Å². The van der Waals surface area contributed by atoms with Crippen molar-refractivity contribution in [2.75, 3.05) is 0 Å². The number of nitrogens with zero attached hydrogens (tertiary/aromatic N) is 1. The van der Waals surface area contributed by atoms with Gasteiger partial charge in [0.25, 0.3) is 5.91 Å². The van der Waals surface area contributed by atoms with E-state index >= 15 is 0 Å². The van der Waals surface area contributed by atoms with E-state index in [1.807, 2.05) is 12.1 Å². The molecule has 3 nitrogen and oxygen atoms in total. The zero-order chi connectivity index (χ0) is 13.0. The molecule has 0 spiro atoms. The number of carbonyl (C=O) groups excluding carboxylic acids is 1. The van der Waals surface area contributed by atoms with Crippen molar-refractivity contribution >= 4 is 33.4 Å². The molecule has 0 saturated carbocycles. The molecule has 0 aliphatic heterocycles. The lowest BCUT2D eigenvalue weighted by Crippen LogP contribution is -2.23. The number of carbonyl (C=O) groups is 1. The summed E-state index contributed by atoms with van der Waals surface area (Å²) in [6, 6.07) is 8.96. The Bertz CT molecular complexity index is 560. The zero-order valence-corrected chi connectivity index (χ0v) is 11.7. The lowest BCUT2D eigenvalue weighted by Gasteiger charge is -2.07. The van der Waals surface area contributed by atoms with Crippen LogP contribution in [0.5, 0.6) is 0 Å². The van der Waals surface area contributed by atoms with Gasteiger partial charge in [0.15, 0.2) is 0 Å². The molecule has 2 rings (SSSR count). The molecule has 0 aliphatic carbocycles. The fraction of sp³-hybridized carbons (Fsp3) is 0.0769. The zero-order valence-electron chi connectivity index (χ0n) is 9.36. The van der Waals surface area contributed by atoms with Crippen molar-refractivity contribution in [3.8, 4) is 0 Å². The first-order valence-electron chi connectivity index (χ1n) is 5.29. The summed E-state index contributed by atoms with van der Waals surface area (Å²) in [7, 11) is 0. The summed E-state index contributed by atoms with van der Waals surface area (Å²) in [6.45, 7) is 0.449. The van der Waals surface area contributed by atoms with Crippen molar-refractivity contribution in [3.63, 3.8) is 0 Å². The number of halogens is 2. The molecule has 2 aromatic rings. The molecule has 1 N–H and O–H groups in total. The molecule has 0 fully saturated rings. The first-order valence-corrected chi connectivity index (χ1v) is 6.46. The standard InChI is InChI=1S/C13H10BrClN2O/c14-11-3-1-2-10(12(11)15)13(18)17-8-9-4-6-16-7-5-9/h1-7H,8H2,(H,17,18). The molecule has 0 bridgehead atoms. The smallest absolute Gasteiger partial charge is 0.253 e. The Labute approximate surface area is 118 Å². The maximum atomic E-state index is 12.0. The molecule has 0 unspecified atom stereocenters. The minimum atomic E-state index is -0.196. The number of benzene rings is 1. The van der Waals surface area contributed by atoms with Gasteiger partial charge in [-0.15, -0.1) is 0 Å². The Balaban J connectivity index is 2.07. The number of hydrogen-bond donors (Lipinski definition) is 1. The topological polar surface area (TPSA) is 42.0 Å². The van der Waals surface area contributed by atoms with E-state index in [9.17, 15) is 4.79 Å². The maximum Gasteiger partial charge on any atom is 0.253 e. The largest absolute Gasteiger partial charge is 0.348 e. The van der Waals surface area contributed by atoms with Gasteiger partial charge in [-0.3, -0.25) is 9.78 Å². The van der Waals surface area contributed by atoms with Crippen LogP contribution in [0.4, 0.5) is 0 Å². The third kappa shape index (κ3) is 3.09. The van der Waals surface area contributed by atoms with Crippen LogP contribution in [0.1, 0.15) is 15.9 Å². The van der Waals surface area contributed by atoms with E-state index in [0.717, 1.165) is 5.56 Å². The average Bonchev–Trinajstić information content (AvgIpc) is 2.40. The molecule has 1 amide bonds. The van der Waals surface area contributed by atoms with Crippen molar-refractivity contribution in [3.05, 3.63) is 63.3 Å². The summed E-state index contributed by atoms with van der Waals surface area (Å²) in [5.41, 5.74) is 1.45. The van der Waals surface area contributed by atoms with Crippen molar-refractivity contribution in [1.82, 2.24) is 10.3 Å². The van der Waals surface area contributed by atoms with Crippen molar-refractivity contribution in [2.45, 2.75) is 6.54 Å². The molecule has 1 heterocycles. The third-order valence-corrected chi connectivity index (χ3v) is 3.69. The molecule has 1 aromatic carbocycles. The van der Waals surface area contributed by atoms with Crippen LogP contribution >= 0.6 is 27.5 Å². The van der Waals surface area contributed by atoms with Crippen LogP contribution in [0.2, 0.25) is 5.02 Å². The number of nitrogens with one attached hydrogen (secondary N) is 1. The minimum absolute atomic E-state index is 0.196. The normalized spacial score (nSPS) is 10.1. The summed E-state index contributed by atoms with van der Waals surface area (Å²) in [6.07, 6.45) is 3.38. The molecule has 0 saturated heterocycles. The number of hydrogen-bond acceptors (Lipinski definition) is 2. The van der Waals surface area contributed by atoms with Crippen molar-refractivity contribution in [1.29, 1.82) is 0 Å². The van der Waals surface area contributed by atoms with Gasteiger partial charge in [0.05, 0.1) is 10.6 Å². The Morgan fingerprint density at radius 2 is 2.00 bits per heavy atom. The van der Waals surface area contributed by atoms with Gasteiger partial charge in [-0.1, -0.05) is 17.7 Å². The van der Waals surface area contributed by atoms with Gasteiger partial charge < -0.3 is 5.32 Å². The lowest BCUT2D eigenvalue weighted by molar-refractivity contribution is 0.0951. The van der Waals surface area contributed by atoms with Crippen molar-refractivity contribution < 1.29 is 4.79 Å². The summed E-state index contributed by atoms with van der Waals surface area (Å²) in [5.74, 6) is -0.196. The summed E-state index contributed by atoms with van der Waals surface area (Å²) >= 11 is 9.34. The molecule has 0 atom stereocenters. The van der Waals surface area contributed by atoms with Crippen LogP contribution in [-0.4, -0.2) is 10.9 Å². The van der Waals surface area contributed by atoms with Crippen LogP contribution in [0.25, 0.3) is 0 Å². The molecular formula is C13H10BrClN2O. The highest BCUT2D eigenvalue weighted by molar-refractivity contribution is 9.10. The van der Waals surface area contributed by atoms with Crippen LogP contribution in [0.3, 0.4) is 0 Å². The van der Waals surface area contributed by atoms with Gasteiger partial charge in [-0.2, -0.15) is 0 Å². The van der Waals surface area contributed by atoms with Crippen molar-refractivity contribution in [2.24, 2.45) is 0 Å². The van der Waals surface area contributed by atoms with Crippen LogP contribution < -0.4 is 5.32 Å². The van der Waals surface area contributed by atoms with Gasteiger partial charge in [0, 0.05) is 23.4 Å². The quantitative estimate of drug-likeness (QED) is 0.939. The minimum Gasteiger partial charge on any atom is -0.348 e. The molecule has 5 heteroatoms. The first kappa shape index (κ1) is 13.1. The summed E-state index contributed by atoms with van der Waals surface area (Å²) in [4.78, 5) is 15.9. The second-order valence-electron chi connectivity index (χ2n) is 3.64. The SMILES string of the molecule is O=C(NCc1ccncc1)c1cccc(Br)c1Cl. The number of pyridine rings is 1. The highest BCUT2D eigenvalue weighted by atomic mass is 79.9. The van der Waals surface area contributed by atoms with E-state index in [1.54, 1.807) is 30.6 Å². The Kier molecular flexibility index (Phi) is 4.33. The summed E-state index contributed by atoms with van der Waals surface area (Å²) in [5, 5.41) is 3.23. The van der Waals surface area contributed by atoms with Crippen LogP contribution in [0, 0.1) is 0 Å². The Hall–Kier alpha value is -1.39. The highest BCUT2D eigenvalue weighted by Crippen LogP contribution is 2.25. The van der Waals surface area contributed by atoms with Gasteiger partial charge in [-0.25, -0.2) is 0 Å². The lowest BCUT2D eigenvalue weighted by atomic mass is 10.2. The average molecular weight is 326 g/mol. The molecular weight excluding hydrogens is 316 g/mol. The van der Waals surface area contributed by atoms with E-state index in [2.05, 4.69) is 26.2 Å². The monoisotopic (exact) mass is 324 g/mol. The third-order valence-electron chi connectivity index (χ3n) is 2.40. The predicted molar refractivity (Wildman–Crippen MR) is 74.6 cm³/mol. The van der Waals surface area contributed by atoms with E-state index in [4.69, 9.17) is 11.6 Å². The Morgan fingerprint density at radius 1 is 1.28 bits per heavy atom. The van der Waals surface area contributed by atoms with E-state index in [0.29, 0.717) is 21.6 Å². The number of rotatable bonds is 3. The van der Waals surface area contributed by atoms with E-state index < -0.39 is 0 Å². The Morgan fingerprint density at radius 3 is 2.72 bits per heavy atom. The van der Waals surface area contributed by atoms with E-state index in [1.165, 1.54) is 0 Å². The molecule has 1 aromatic heterocycles. The number of aromatic nitrogens is 1. The van der Waals surface area contributed by atoms with E-state index in [-0.39, 0.29) is 5.91 Å². The summed E-state index contributed by atoms with van der Waals surface area (Å²) < 4.78 is 0.709.